The Bertz CT molecular complexity index is 418. The van der Waals surface area contributed by atoms with Crippen molar-refractivity contribution in [2.24, 2.45) is 5.41 Å². The average Bonchev–Trinajstić information content (AvgIpc) is 2.50. The molecule has 0 aromatic carbocycles. The molecule has 14 heavy (non-hydrogen) atoms. The van der Waals surface area contributed by atoms with E-state index in [0.29, 0.717) is 0 Å². The Labute approximate surface area is 85.9 Å². The predicted molar refractivity (Wildman–Crippen MR) is 63.2 cm³/mol. The second-order valence-corrected chi connectivity index (χ2v) is 3.84. The summed E-state index contributed by atoms with van der Waals surface area (Å²) in [6.07, 6.45) is 10.7. The first-order chi connectivity index (χ1) is 6.67. The highest BCUT2D eigenvalue weighted by molar-refractivity contribution is 5.46. The van der Waals surface area contributed by atoms with Crippen molar-refractivity contribution in [3.63, 3.8) is 0 Å². The molecule has 1 aromatic rings. The zero-order chi connectivity index (χ0) is 10.6. The number of rotatable bonds is 0. The van der Waals surface area contributed by atoms with Crippen LogP contribution in [-0.4, -0.2) is 4.98 Å². The third-order valence-corrected chi connectivity index (χ3v) is 2.13. The van der Waals surface area contributed by atoms with E-state index in [1.807, 2.05) is 20.0 Å². The molecule has 1 N–H and O–H groups in total. The van der Waals surface area contributed by atoms with Crippen molar-refractivity contribution in [3.8, 4) is 0 Å². The molecule has 1 nitrogen and oxygen atoms in total. The second kappa shape index (κ2) is 4.32. The van der Waals surface area contributed by atoms with Gasteiger partial charge >= 0.3 is 0 Å². The monoisotopic (exact) mass is 189 g/mol. The third kappa shape index (κ3) is 2.38. The summed E-state index contributed by atoms with van der Waals surface area (Å²) < 4.78 is 0. The molecule has 1 aliphatic carbocycles. The van der Waals surface area contributed by atoms with E-state index in [0.717, 1.165) is 0 Å². The molecular formula is C13H19N. The zero-order valence-electron chi connectivity index (χ0n) is 9.46. The molecule has 0 spiro atoms. The number of hydrogen-bond donors (Lipinski definition) is 1. The topological polar surface area (TPSA) is 15.8 Å². The number of aromatic nitrogens is 1. The minimum absolute atomic E-state index is 0.171. The lowest BCUT2D eigenvalue weighted by atomic mass is 9.93. The molecule has 1 heteroatoms. The van der Waals surface area contributed by atoms with Crippen molar-refractivity contribution >= 4 is 12.2 Å². The number of aromatic amines is 1. The average molecular weight is 189 g/mol. The molecule has 0 bridgehead atoms. The number of fused-ring (bicyclic) bond motifs is 1. The largest absolute Gasteiger partial charge is 0.361 e. The van der Waals surface area contributed by atoms with E-state index in [1.54, 1.807) is 0 Å². The molecule has 0 saturated heterocycles. The zero-order valence-corrected chi connectivity index (χ0v) is 9.46. The van der Waals surface area contributed by atoms with E-state index in [1.165, 1.54) is 10.6 Å². The van der Waals surface area contributed by atoms with Crippen molar-refractivity contribution in [2.75, 3.05) is 0 Å². The summed E-state index contributed by atoms with van der Waals surface area (Å²) in [4.78, 5) is 3.20. The first kappa shape index (κ1) is 10.8. The summed E-state index contributed by atoms with van der Waals surface area (Å²) >= 11 is 0. The van der Waals surface area contributed by atoms with Gasteiger partial charge in [0.25, 0.3) is 0 Å². The highest BCUT2D eigenvalue weighted by Gasteiger charge is 2.09. The Kier molecular flexibility index (Phi) is 3.34. The molecule has 1 aromatic heterocycles. The molecule has 0 saturated carbocycles. The number of H-pyrrole nitrogens is 1. The van der Waals surface area contributed by atoms with Gasteiger partial charge in [-0.3, -0.25) is 0 Å². The standard InChI is InChI=1S/C11H13N.C2H6/c1-11(2)6-3-4-10-9(8-11)5-7-12-10;1-2/h3-8,12H,1-2H3;1-2H3. The first-order valence-corrected chi connectivity index (χ1v) is 5.23. The Balaban J connectivity index is 0.000000461. The van der Waals surface area contributed by atoms with Crippen molar-refractivity contribution in [1.29, 1.82) is 0 Å². The maximum Gasteiger partial charge on any atom is 0.0450 e. The van der Waals surface area contributed by atoms with Crippen LogP contribution in [0.4, 0.5) is 0 Å². The number of allylic oxidation sites excluding steroid dienone is 2. The molecule has 2 rings (SSSR count). The Morgan fingerprint density at radius 2 is 1.93 bits per heavy atom. The van der Waals surface area contributed by atoms with Crippen LogP contribution in [0, 0.1) is 5.41 Å². The Hall–Kier alpha value is -1.24. The van der Waals surface area contributed by atoms with Crippen LogP contribution in [0.5, 0.6) is 0 Å². The fourth-order valence-electron chi connectivity index (χ4n) is 1.51. The molecule has 76 valence electrons. The lowest BCUT2D eigenvalue weighted by molar-refractivity contribution is 0.671. The minimum atomic E-state index is 0.171. The molecule has 0 atom stereocenters. The lowest BCUT2D eigenvalue weighted by Gasteiger charge is -2.12. The quantitative estimate of drug-likeness (QED) is 0.644. The number of nitrogens with one attached hydrogen (secondary N) is 1. The van der Waals surface area contributed by atoms with Gasteiger partial charge in [0.05, 0.1) is 0 Å². The summed E-state index contributed by atoms with van der Waals surface area (Å²) in [6, 6.07) is 2.11. The van der Waals surface area contributed by atoms with Crippen LogP contribution < -0.4 is 10.6 Å². The van der Waals surface area contributed by atoms with Crippen LogP contribution in [0.25, 0.3) is 12.2 Å². The predicted octanol–water partition coefficient (Wildman–Crippen LogP) is 2.20. The fourth-order valence-corrected chi connectivity index (χ4v) is 1.51. The highest BCUT2D eigenvalue weighted by Crippen LogP contribution is 2.19. The second-order valence-electron chi connectivity index (χ2n) is 3.84. The van der Waals surface area contributed by atoms with Gasteiger partial charge in [-0.05, 0) is 17.4 Å². The van der Waals surface area contributed by atoms with Crippen LogP contribution in [0.3, 0.4) is 0 Å². The van der Waals surface area contributed by atoms with Crippen molar-refractivity contribution < 1.29 is 0 Å². The molecular weight excluding hydrogens is 170 g/mol. The maximum atomic E-state index is 3.20. The van der Waals surface area contributed by atoms with E-state index in [2.05, 4.69) is 49.2 Å². The van der Waals surface area contributed by atoms with E-state index in [-0.39, 0.29) is 5.41 Å². The van der Waals surface area contributed by atoms with Crippen molar-refractivity contribution in [2.45, 2.75) is 27.7 Å². The fraction of sp³-hybridized carbons (Fsp3) is 0.385. The van der Waals surface area contributed by atoms with Gasteiger partial charge < -0.3 is 4.98 Å². The van der Waals surface area contributed by atoms with Crippen LogP contribution in [0.1, 0.15) is 27.7 Å². The van der Waals surface area contributed by atoms with Crippen molar-refractivity contribution in [3.05, 3.63) is 35.0 Å². The summed E-state index contributed by atoms with van der Waals surface area (Å²) in [6.45, 7) is 8.42. The van der Waals surface area contributed by atoms with Gasteiger partial charge in [0.1, 0.15) is 0 Å². The summed E-state index contributed by atoms with van der Waals surface area (Å²) in [7, 11) is 0. The summed E-state index contributed by atoms with van der Waals surface area (Å²) in [5, 5.41) is 2.50. The van der Waals surface area contributed by atoms with Gasteiger partial charge in [0.15, 0.2) is 0 Å². The van der Waals surface area contributed by atoms with Gasteiger partial charge in [-0.2, -0.15) is 0 Å². The van der Waals surface area contributed by atoms with E-state index in [9.17, 15) is 0 Å². The van der Waals surface area contributed by atoms with Gasteiger partial charge in [0, 0.05) is 17.0 Å². The van der Waals surface area contributed by atoms with Crippen molar-refractivity contribution in [1.82, 2.24) is 4.98 Å². The Morgan fingerprint density at radius 1 is 1.21 bits per heavy atom. The molecule has 1 aliphatic rings. The number of hydrogen-bond acceptors (Lipinski definition) is 0. The third-order valence-electron chi connectivity index (χ3n) is 2.13. The van der Waals surface area contributed by atoms with Crippen LogP contribution in [-0.2, 0) is 0 Å². The van der Waals surface area contributed by atoms with Gasteiger partial charge in [-0.15, -0.1) is 0 Å². The normalized spacial score (nSPS) is 16.6. The van der Waals surface area contributed by atoms with Crippen LogP contribution in [0.15, 0.2) is 24.4 Å². The smallest absolute Gasteiger partial charge is 0.0450 e. The van der Waals surface area contributed by atoms with Gasteiger partial charge in [-0.25, -0.2) is 0 Å². The van der Waals surface area contributed by atoms with E-state index in [4.69, 9.17) is 0 Å². The van der Waals surface area contributed by atoms with Crippen LogP contribution >= 0.6 is 0 Å². The minimum Gasteiger partial charge on any atom is -0.361 e. The molecule has 1 heterocycles. The lowest BCUT2D eigenvalue weighted by Crippen LogP contribution is -2.23. The first-order valence-electron chi connectivity index (χ1n) is 5.23. The van der Waals surface area contributed by atoms with Crippen LogP contribution in [0.2, 0.25) is 0 Å². The highest BCUT2D eigenvalue weighted by atomic mass is 14.6. The molecule has 0 unspecified atom stereocenters. The summed E-state index contributed by atoms with van der Waals surface area (Å²) in [5.41, 5.74) is 0.171. The summed E-state index contributed by atoms with van der Waals surface area (Å²) in [5.74, 6) is 0. The van der Waals surface area contributed by atoms with E-state index >= 15 is 0 Å². The molecule has 0 radical (unpaired) electrons. The van der Waals surface area contributed by atoms with E-state index < -0.39 is 0 Å². The molecule has 0 fully saturated rings. The maximum absolute atomic E-state index is 3.20. The molecule has 0 aliphatic heterocycles. The Morgan fingerprint density at radius 3 is 2.64 bits per heavy atom. The SMILES string of the molecule is CC.CC1(C)C=CC=c2[nH]ccc2=C1. The molecule has 0 amide bonds. The van der Waals surface area contributed by atoms with Gasteiger partial charge in [0.2, 0.25) is 0 Å². The van der Waals surface area contributed by atoms with Gasteiger partial charge in [-0.1, -0.05) is 45.9 Å².